The summed E-state index contributed by atoms with van der Waals surface area (Å²) in [5.74, 6) is 0. The van der Waals surface area contributed by atoms with Crippen LogP contribution in [0.1, 0.15) is 52.0 Å². The summed E-state index contributed by atoms with van der Waals surface area (Å²) in [4.78, 5) is 1.29. The number of aliphatic hydroxyl groups excluding tert-OH is 1. The van der Waals surface area contributed by atoms with Crippen LogP contribution in [0.15, 0.2) is 29.2 Å². The highest BCUT2D eigenvalue weighted by atomic mass is 32.2. The Morgan fingerprint density at radius 3 is 2.22 bits per heavy atom. The summed E-state index contributed by atoms with van der Waals surface area (Å²) in [5, 5.41) is 10.4. The minimum atomic E-state index is -0.119. The molecule has 0 saturated heterocycles. The van der Waals surface area contributed by atoms with Gasteiger partial charge in [-0.1, -0.05) is 45.7 Å². The van der Waals surface area contributed by atoms with Gasteiger partial charge in [0, 0.05) is 10.1 Å². The molecule has 0 amide bonds. The zero-order valence-corrected chi connectivity index (χ0v) is 12.5. The Kier molecular flexibility index (Phi) is 4.39. The van der Waals surface area contributed by atoms with Crippen LogP contribution in [0.4, 0.5) is 0 Å². The molecule has 0 heterocycles. The molecule has 0 bridgehead atoms. The van der Waals surface area contributed by atoms with Crippen molar-refractivity contribution in [3.8, 4) is 0 Å². The van der Waals surface area contributed by atoms with Crippen LogP contribution < -0.4 is 0 Å². The molecule has 1 aromatic carbocycles. The maximum atomic E-state index is 9.99. The number of benzene rings is 1. The Morgan fingerprint density at radius 2 is 1.67 bits per heavy atom. The van der Waals surface area contributed by atoms with Gasteiger partial charge in [0.1, 0.15) is 0 Å². The van der Waals surface area contributed by atoms with Gasteiger partial charge in [-0.15, -0.1) is 11.8 Å². The SMILES string of the molecule is CC(C)(C)c1ccc(S[C@H]2CCCC[C@@H]2O)cc1. The molecule has 18 heavy (non-hydrogen) atoms. The lowest BCUT2D eigenvalue weighted by Crippen LogP contribution is -2.26. The van der Waals surface area contributed by atoms with Crippen LogP contribution in [0.25, 0.3) is 0 Å². The van der Waals surface area contributed by atoms with Crippen molar-refractivity contribution >= 4 is 11.8 Å². The van der Waals surface area contributed by atoms with Gasteiger partial charge in [-0.3, -0.25) is 0 Å². The van der Waals surface area contributed by atoms with Gasteiger partial charge in [-0.05, 0) is 36.0 Å². The Labute approximate surface area is 115 Å². The number of hydrogen-bond donors (Lipinski definition) is 1. The van der Waals surface area contributed by atoms with E-state index in [0.717, 1.165) is 12.8 Å². The summed E-state index contributed by atoms with van der Waals surface area (Å²) in [6.07, 6.45) is 4.44. The van der Waals surface area contributed by atoms with E-state index in [-0.39, 0.29) is 11.5 Å². The zero-order valence-electron chi connectivity index (χ0n) is 11.6. The number of hydrogen-bond acceptors (Lipinski definition) is 2. The number of rotatable bonds is 2. The van der Waals surface area contributed by atoms with Crippen molar-refractivity contribution in [2.24, 2.45) is 0 Å². The maximum absolute atomic E-state index is 9.99. The first-order valence-electron chi connectivity index (χ1n) is 6.92. The summed E-state index contributed by atoms with van der Waals surface area (Å²) in [6, 6.07) is 8.84. The third-order valence-corrected chi connectivity index (χ3v) is 5.07. The van der Waals surface area contributed by atoms with E-state index in [1.807, 2.05) is 11.8 Å². The monoisotopic (exact) mass is 264 g/mol. The molecular weight excluding hydrogens is 240 g/mol. The number of thioether (sulfide) groups is 1. The summed E-state index contributed by atoms with van der Waals surface area (Å²) in [7, 11) is 0. The first kappa shape index (κ1) is 14.0. The lowest BCUT2D eigenvalue weighted by molar-refractivity contribution is 0.137. The highest BCUT2D eigenvalue weighted by Crippen LogP contribution is 2.34. The molecule has 1 fully saturated rings. The van der Waals surface area contributed by atoms with E-state index < -0.39 is 0 Å². The van der Waals surface area contributed by atoms with E-state index in [1.165, 1.54) is 23.3 Å². The topological polar surface area (TPSA) is 20.2 Å². The van der Waals surface area contributed by atoms with E-state index in [1.54, 1.807) is 0 Å². The van der Waals surface area contributed by atoms with E-state index in [0.29, 0.717) is 5.25 Å². The fourth-order valence-corrected chi connectivity index (χ4v) is 3.64. The van der Waals surface area contributed by atoms with Gasteiger partial charge in [-0.2, -0.15) is 0 Å². The Balaban J connectivity index is 2.02. The molecule has 100 valence electrons. The predicted molar refractivity (Wildman–Crippen MR) is 79.3 cm³/mol. The van der Waals surface area contributed by atoms with Gasteiger partial charge < -0.3 is 5.11 Å². The van der Waals surface area contributed by atoms with Crippen molar-refractivity contribution in [2.45, 2.75) is 68.1 Å². The smallest absolute Gasteiger partial charge is 0.0662 e. The molecule has 0 unspecified atom stereocenters. The van der Waals surface area contributed by atoms with E-state index in [9.17, 15) is 5.11 Å². The average Bonchev–Trinajstić information content (AvgIpc) is 2.32. The van der Waals surface area contributed by atoms with Crippen LogP contribution >= 0.6 is 11.8 Å². The lowest BCUT2D eigenvalue weighted by Gasteiger charge is -2.27. The molecule has 0 radical (unpaired) electrons. The molecule has 0 aliphatic heterocycles. The molecule has 1 N–H and O–H groups in total. The van der Waals surface area contributed by atoms with Gasteiger partial charge >= 0.3 is 0 Å². The summed E-state index contributed by atoms with van der Waals surface area (Å²) in [5.41, 5.74) is 1.59. The third kappa shape index (κ3) is 3.52. The van der Waals surface area contributed by atoms with Gasteiger partial charge in [-0.25, -0.2) is 0 Å². The molecule has 1 aromatic rings. The fourth-order valence-electron chi connectivity index (χ4n) is 2.42. The van der Waals surface area contributed by atoms with Gasteiger partial charge in [0.25, 0.3) is 0 Å². The maximum Gasteiger partial charge on any atom is 0.0662 e. The minimum Gasteiger partial charge on any atom is -0.392 e. The van der Waals surface area contributed by atoms with Crippen LogP contribution in [-0.4, -0.2) is 16.5 Å². The minimum absolute atomic E-state index is 0.119. The number of aliphatic hydroxyl groups is 1. The Bertz CT molecular complexity index is 377. The summed E-state index contributed by atoms with van der Waals surface area (Å²) in [6.45, 7) is 6.71. The van der Waals surface area contributed by atoms with Crippen LogP contribution in [0.5, 0.6) is 0 Å². The van der Waals surface area contributed by atoms with Crippen LogP contribution in [0.2, 0.25) is 0 Å². The molecule has 0 spiro atoms. The normalized spacial score (nSPS) is 25.1. The first-order chi connectivity index (χ1) is 8.47. The largest absolute Gasteiger partial charge is 0.392 e. The molecule has 2 heteroatoms. The highest BCUT2D eigenvalue weighted by molar-refractivity contribution is 8.00. The summed E-state index contributed by atoms with van der Waals surface area (Å²) >= 11 is 1.84. The lowest BCUT2D eigenvalue weighted by atomic mass is 9.87. The van der Waals surface area contributed by atoms with E-state index >= 15 is 0 Å². The molecule has 1 aliphatic rings. The van der Waals surface area contributed by atoms with Crippen molar-refractivity contribution in [1.82, 2.24) is 0 Å². The van der Waals surface area contributed by atoms with Crippen LogP contribution in [-0.2, 0) is 5.41 Å². The molecule has 1 aliphatic carbocycles. The molecule has 1 nitrogen and oxygen atoms in total. The summed E-state index contributed by atoms with van der Waals surface area (Å²) < 4.78 is 0. The second-order valence-electron chi connectivity index (χ2n) is 6.28. The van der Waals surface area contributed by atoms with E-state index in [2.05, 4.69) is 45.0 Å². The second kappa shape index (κ2) is 5.66. The Morgan fingerprint density at radius 1 is 1.06 bits per heavy atom. The fraction of sp³-hybridized carbons (Fsp3) is 0.625. The van der Waals surface area contributed by atoms with Crippen molar-refractivity contribution in [1.29, 1.82) is 0 Å². The van der Waals surface area contributed by atoms with Crippen molar-refractivity contribution in [2.75, 3.05) is 0 Å². The molecule has 1 saturated carbocycles. The predicted octanol–water partition coefficient (Wildman–Crippen LogP) is 4.38. The van der Waals surface area contributed by atoms with Crippen molar-refractivity contribution in [3.63, 3.8) is 0 Å². The van der Waals surface area contributed by atoms with Gasteiger partial charge in [0.2, 0.25) is 0 Å². The average molecular weight is 264 g/mol. The molecule has 0 aromatic heterocycles. The third-order valence-electron chi connectivity index (χ3n) is 3.68. The second-order valence-corrected chi connectivity index (χ2v) is 7.60. The Hall–Kier alpha value is -0.470. The van der Waals surface area contributed by atoms with Crippen molar-refractivity contribution < 1.29 is 5.11 Å². The molecule has 2 rings (SSSR count). The standard InChI is InChI=1S/C16H24OS/c1-16(2,3)12-8-10-13(11-9-12)18-15-7-5-4-6-14(15)17/h8-11,14-15,17H,4-7H2,1-3H3/t14-,15-/m0/s1. The first-order valence-corrected chi connectivity index (χ1v) is 7.80. The quantitative estimate of drug-likeness (QED) is 0.855. The van der Waals surface area contributed by atoms with Gasteiger partial charge in [0.05, 0.1) is 6.10 Å². The van der Waals surface area contributed by atoms with E-state index in [4.69, 9.17) is 0 Å². The molecular formula is C16H24OS. The van der Waals surface area contributed by atoms with Crippen LogP contribution in [0.3, 0.4) is 0 Å². The van der Waals surface area contributed by atoms with Crippen molar-refractivity contribution in [3.05, 3.63) is 29.8 Å². The zero-order chi connectivity index (χ0) is 13.2. The van der Waals surface area contributed by atoms with Gasteiger partial charge in [0.15, 0.2) is 0 Å². The molecule has 2 atom stereocenters. The highest BCUT2D eigenvalue weighted by Gasteiger charge is 2.24. The van der Waals surface area contributed by atoms with Crippen LogP contribution in [0, 0.1) is 0 Å².